The van der Waals surface area contributed by atoms with E-state index in [0.29, 0.717) is 16.8 Å². The molecule has 0 unspecified atom stereocenters. The minimum Gasteiger partial charge on any atom is -0.506 e. The molecule has 5 rings (SSSR count). The van der Waals surface area contributed by atoms with Crippen LogP contribution in [0.2, 0.25) is 0 Å². The van der Waals surface area contributed by atoms with Gasteiger partial charge >= 0.3 is 0 Å². The molecule has 0 fully saturated rings. The number of Topliss-reactive ketones (excluding diaryl/α,β-unsaturated/α-hetero) is 1. The highest BCUT2D eigenvalue weighted by molar-refractivity contribution is 6.22. The van der Waals surface area contributed by atoms with Crippen molar-refractivity contribution in [1.82, 2.24) is 0 Å². The van der Waals surface area contributed by atoms with Crippen molar-refractivity contribution in [3.05, 3.63) is 118 Å². The van der Waals surface area contributed by atoms with Crippen molar-refractivity contribution in [1.29, 1.82) is 0 Å². The van der Waals surface area contributed by atoms with Gasteiger partial charge in [-0.25, -0.2) is 0 Å². The second-order valence-corrected chi connectivity index (χ2v) is 7.49. The van der Waals surface area contributed by atoms with Gasteiger partial charge in [-0.15, -0.1) is 0 Å². The first kappa shape index (κ1) is 19.0. The number of rotatable bonds is 4. The molecular formula is C26H20N2O3. The number of hydrogen-bond donors (Lipinski definition) is 1. The number of aliphatic hydroxyl groups excluding tert-OH is 1. The normalized spacial score (nSPS) is 19.9. The highest BCUT2D eigenvalue weighted by atomic mass is 16.5. The fourth-order valence-corrected chi connectivity index (χ4v) is 4.25. The van der Waals surface area contributed by atoms with E-state index in [1.807, 2.05) is 60.7 Å². The van der Waals surface area contributed by atoms with Gasteiger partial charge in [0.25, 0.3) is 0 Å². The van der Waals surface area contributed by atoms with Crippen LogP contribution in [0.25, 0.3) is 5.76 Å². The van der Waals surface area contributed by atoms with E-state index in [1.165, 1.54) is 0 Å². The highest BCUT2D eigenvalue weighted by Crippen LogP contribution is 2.45. The fourth-order valence-electron chi connectivity index (χ4n) is 4.25. The quantitative estimate of drug-likeness (QED) is 0.572. The van der Waals surface area contributed by atoms with Gasteiger partial charge in [-0.1, -0.05) is 72.8 Å². The molecule has 3 aromatic rings. The van der Waals surface area contributed by atoms with E-state index in [0.717, 1.165) is 16.9 Å². The van der Waals surface area contributed by atoms with E-state index in [1.54, 1.807) is 31.4 Å². The summed E-state index contributed by atoms with van der Waals surface area (Å²) in [7, 11) is 1.63. The lowest BCUT2D eigenvalue weighted by Crippen LogP contribution is -2.14. The summed E-state index contributed by atoms with van der Waals surface area (Å²) in [6.07, 6.45) is 1.93. The monoisotopic (exact) mass is 408 g/mol. The number of carbonyl (C=O) groups excluding carboxylic acids is 1. The lowest BCUT2D eigenvalue weighted by atomic mass is 9.85. The Morgan fingerprint density at radius 2 is 1.55 bits per heavy atom. The molecule has 0 saturated heterocycles. The molecule has 152 valence electrons. The largest absolute Gasteiger partial charge is 0.506 e. The van der Waals surface area contributed by atoms with Crippen molar-refractivity contribution < 1.29 is 14.6 Å². The smallest absolute Gasteiger partial charge is 0.199 e. The molecule has 0 spiro atoms. The first-order valence-electron chi connectivity index (χ1n) is 10.1. The zero-order valence-electron chi connectivity index (χ0n) is 16.9. The van der Waals surface area contributed by atoms with Crippen molar-refractivity contribution in [2.45, 2.75) is 12.0 Å². The average Bonchev–Trinajstić information content (AvgIpc) is 3.09. The molecule has 5 nitrogen and oxygen atoms in total. The predicted molar refractivity (Wildman–Crippen MR) is 118 cm³/mol. The second-order valence-electron chi connectivity index (χ2n) is 7.49. The molecule has 2 atom stereocenters. The number of methoxy groups -OCH3 is 1. The summed E-state index contributed by atoms with van der Waals surface area (Å²) in [5.74, 6) is 0.270. The van der Waals surface area contributed by atoms with Gasteiger partial charge in [-0.05, 0) is 17.7 Å². The van der Waals surface area contributed by atoms with Crippen LogP contribution in [0.15, 0.2) is 106 Å². The number of allylic oxidation sites excluding steroid dienone is 1. The molecule has 0 saturated carbocycles. The van der Waals surface area contributed by atoms with E-state index in [4.69, 9.17) is 4.74 Å². The Balaban J connectivity index is 1.63. The van der Waals surface area contributed by atoms with Gasteiger partial charge in [0.1, 0.15) is 17.6 Å². The van der Waals surface area contributed by atoms with Crippen molar-refractivity contribution in [2.24, 2.45) is 10.2 Å². The Hall–Kier alpha value is -3.99. The number of ketones is 1. The molecule has 0 amide bonds. The van der Waals surface area contributed by atoms with E-state index in [9.17, 15) is 9.90 Å². The molecule has 0 radical (unpaired) electrons. The summed E-state index contributed by atoms with van der Waals surface area (Å²) < 4.78 is 5.56. The van der Waals surface area contributed by atoms with Gasteiger partial charge in [0, 0.05) is 22.6 Å². The number of aliphatic hydroxyl groups is 1. The Labute approximate surface area is 180 Å². The first-order valence-corrected chi connectivity index (χ1v) is 10.1. The molecule has 0 bridgehead atoms. The predicted octanol–water partition coefficient (Wildman–Crippen LogP) is 6.04. The summed E-state index contributed by atoms with van der Waals surface area (Å²) in [5.41, 5.74) is 3.55. The lowest BCUT2D eigenvalue weighted by molar-refractivity contribution is 0.103. The zero-order chi connectivity index (χ0) is 21.4. The number of azo groups is 1. The Morgan fingerprint density at radius 3 is 2.29 bits per heavy atom. The minimum atomic E-state index is -0.316. The molecular weight excluding hydrogens is 388 g/mol. The number of carbonyl (C=O) groups is 1. The van der Waals surface area contributed by atoms with Gasteiger partial charge in [-0.3, -0.25) is 4.79 Å². The molecule has 3 aromatic carbocycles. The van der Waals surface area contributed by atoms with Gasteiger partial charge in [0.05, 0.1) is 18.4 Å². The maximum Gasteiger partial charge on any atom is 0.199 e. The van der Waals surface area contributed by atoms with Crippen LogP contribution in [-0.4, -0.2) is 18.0 Å². The second kappa shape index (κ2) is 7.69. The number of ether oxygens (including phenoxy) is 1. The molecule has 5 heteroatoms. The highest BCUT2D eigenvalue weighted by Gasteiger charge is 2.36. The van der Waals surface area contributed by atoms with Crippen LogP contribution in [0.5, 0.6) is 5.75 Å². The first-order chi connectivity index (χ1) is 15.2. The van der Waals surface area contributed by atoms with Gasteiger partial charge in [-0.2, -0.15) is 10.2 Å². The minimum absolute atomic E-state index is 0.0478. The molecule has 0 aromatic heterocycles. The van der Waals surface area contributed by atoms with Crippen LogP contribution in [0.4, 0.5) is 0 Å². The van der Waals surface area contributed by atoms with E-state index >= 15 is 0 Å². The fraction of sp³-hybridized carbons (Fsp3) is 0.115. The van der Waals surface area contributed by atoms with Crippen LogP contribution in [0, 0.1) is 0 Å². The number of benzene rings is 3. The third-order valence-electron chi connectivity index (χ3n) is 5.76. The summed E-state index contributed by atoms with van der Waals surface area (Å²) in [5, 5.41) is 19.8. The molecule has 1 heterocycles. The van der Waals surface area contributed by atoms with E-state index < -0.39 is 0 Å². The maximum absolute atomic E-state index is 13.0. The molecule has 2 aliphatic rings. The summed E-state index contributed by atoms with van der Waals surface area (Å²) >= 11 is 0. The lowest BCUT2D eigenvalue weighted by Gasteiger charge is -2.26. The molecule has 1 aliphatic carbocycles. The standard InChI is InChI=1S/C26H20N2O3/c1-31-22-14-8-7-13-19(22)24-20(16-9-3-2-4-10-16)15-21(27-28-24)23-25(29)17-11-5-6-12-18(17)26(23)30/h2-15,20,24,29H,1H3/t20-,24-/m1/s1. The van der Waals surface area contributed by atoms with Gasteiger partial charge < -0.3 is 9.84 Å². The molecule has 1 N–H and O–H groups in total. The van der Waals surface area contributed by atoms with E-state index in [-0.39, 0.29) is 29.1 Å². The van der Waals surface area contributed by atoms with Crippen molar-refractivity contribution >= 4 is 11.5 Å². The average molecular weight is 408 g/mol. The zero-order valence-corrected chi connectivity index (χ0v) is 16.9. The Kier molecular flexibility index (Phi) is 4.71. The van der Waals surface area contributed by atoms with Crippen molar-refractivity contribution in [3.63, 3.8) is 0 Å². The number of fused-ring (bicyclic) bond motifs is 1. The van der Waals surface area contributed by atoms with Crippen LogP contribution < -0.4 is 4.74 Å². The number of nitrogens with zero attached hydrogens (tertiary/aromatic N) is 2. The van der Waals surface area contributed by atoms with E-state index in [2.05, 4.69) is 10.2 Å². The maximum atomic E-state index is 13.0. The van der Waals surface area contributed by atoms with Gasteiger partial charge in [0.2, 0.25) is 0 Å². The molecule has 31 heavy (non-hydrogen) atoms. The number of para-hydroxylation sites is 1. The number of hydrogen-bond acceptors (Lipinski definition) is 5. The van der Waals surface area contributed by atoms with Gasteiger partial charge in [0.15, 0.2) is 5.78 Å². The van der Waals surface area contributed by atoms with Crippen LogP contribution in [0.3, 0.4) is 0 Å². The molecule has 1 aliphatic heterocycles. The summed E-state index contributed by atoms with van der Waals surface area (Å²) in [6.45, 7) is 0. The SMILES string of the molecule is COc1ccccc1[C@H]1N=NC(C2=C(O)c3ccccc3C2=O)=C[C@@H]1c1ccccc1. The Morgan fingerprint density at radius 1 is 0.871 bits per heavy atom. The summed E-state index contributed by atoms with van der Waals surface area (Å²) in [4.78, 5) is 13.0. The van der Waals surface area contributed by atoms with Crippen LogP contribution >= 0.6 is 0 Å². The third kappa shape index (κ3) is 3.15. The van der Waals surface area contributed by atoms with Crippen molar-refractivity contribution in [3.8, 4) is 5.75 Å². The van der Waals surface area contributed by atoms with Crippen molar-refractivity contribution in [2.75, 3.05) is 7.11 Å². The van der Waals surface area contributed by atoms with Crippen LogP contribution in [-0.2, 0) is 0 Å². The third-order valence-corrected chi connectivity index (χ3v) is 5.76. The topological polar surface area (TPSA) is 71.2 Å². The van der Waals surface area contributed by atoms with Crippen LogP contribution in [0.1, 0.15) is 39.0 Å². The Bertz CT molecular complexity index is 1260. The summed E-state index contributed by atoms with van der Waals surface area (Å²) in [6, 6.07) is 24.4.